The minimum atomic E-state index is -0.602. The molecule has 0 spiro atoms. The Bertz CT molecular complexity index is 1200. The van der Waals surface area contributed by atoms with Crippen LogP contribution in [0.15, 0.2) is 51.7 Å². The van der Waals surface area contributed by atoms with E-state index in [1.54, 1.807) is 17.0 Å². The second kappa shape index (κ2) is 9.31. The van der Waals surface area contributed by atoms with Crippen LogP contribution in [0.4, 0.5) is 10.1 Å². The number of nitrogens with zero attached hydrogens (tertiary/aromatic N) is 4. The number of oxazole rings is 1. The van der Waals surface area contributed by atoms with Crippen molar-refractivity contribution >= 4 is 22.7 Å². The summed E-state index contributed by atoms with van der Waals surface area (Å²) < 4.78 is 20.3. The number of amides is 1. The minimum absolute atomic E-state index is 0.00651. The van der Waals surface area contributed by atoms with E-state index in [-0.39, 0.29) is 36.0 Å². The average molecular weight is 442 g/mol. The van der Waals surface area contributed by atoms with Crippen LogP contribution in [0, 0.1) is 15.9 Å². The summed E-state index contributed by atoms with van der Waals surface area (Å²) in [6, 6.07) is 10.7. The van der Waals surface area contributed by atoms with Crippen LogP contribution in [0.2, 0.25) is 0 Å². The highest BCUT2D eigenvalue weighted by molar-refractivity contribution is 5.77. The molecule has 0 bridgehead atoms. The minimum Gasteiger partial charge on any atom is -0.407 e. The van der Waals surface area contributed by atoms with Crippen molar-refractivity contribution < 1.29 is 18.5 Å². The van der Waals surface area contributed by atoms with E-state index in [0.717, 1.165) is 0 Å². The number of non-ortho nitro benzene ring substituents is 1. The molecule has 1 aliphatic heterocycles. The van der Waals surface area contributed by atoms with Gasteiger partial charge in [0.2, 0.25) is 5.91 Å². The average Bonchev–Trinajstić information content (AvgIpc) is 3.10. The molecule has 0 radical (unpaired) electrons. The predicted octanol–water partition coefficient (Wildman–Crippen LogP) is 2.77. The van der Waals surface area contributed by atoms with Crippen molar-refractivity contribution in [1.82, 2.24) is 14.4 Å². The molecule has 9 nitrogen and oxygen atoms in total. The molecule has 0 atom stereocenters. The molecule has 0 unspecified atom stereocenters. The molecule has 1 aromatic heterocycles. The Labute approximate surface area is 182 Å². The Kier molecular flexibility index (Phi) is 6.31. The third-order valence-electron chi connectivity index (χ3n) is 5.71. The number of hydrogen-bond donors (Lipinski definition) is 0. The smallest absolute Gasteiger partial charge is 0.407 e. The van der Waals surface area contributed by atoms with E-state index >= 15 is 0 Å². The van der Waals surface area contributed by atoms with Crippen LogP contribution in [0.5, 0.6) is 0 Å². The monoisotopic (exact) mass is 442 g/mol. The molecular formula is C22H23FN4O5. The number of fused-ring (bicyclic) bond motifs is 1. The number of aryl methyl sites for hydroxylation is 1. The van der Waals surface area contributed by atoms with E-state index in [2.05, 4.69) is 4.90 Å². The summed E-state index contributed by atoms with van der Waals surface area (Å²) in [5, 5.41) is 10.9. The van der Waals surface area contributed by atoms with Crippen molar-refractivity contribution in [1.29, 1.82) is 0 Å². The largest absolute Gasteiger partial charge is 0.419 e. The standard InChI is InChI=1S/C22H23FN4O5/c23-18-5-2-1-4-16(18)15-24-10-12-25(13-11-24)21(28)6-3-9-26-19-8-7-17(27(30)31)14-20(19)32-22(26)29/h1-2,4-5,7-8,14H,3,6,9-13,15H2. The first-order chi connectivity index (χ1) is 15.4. The molecule has 10 heteroatoms. The molecule has 1 amide bonds. The van der Waals surface area contributed by atoms with E-state index < -0.39 is 10.7 Å². The molecule has 1 aliphatic rings. The number of benzene rings is 2. The van der Waals surface area contributed by atoms with Gasteiger partial charge in [-0.25, -0.2) is 9.18 Å². The molecule has 3 aromatic rings. The first-order valence-electron chi connectivity index (χ1n) is 10.4. The number of carbonyl (C=O) groups excluding carboxylic acids is 1. The van der Waals surface area contributed by atoms with Crippen LogP contribution >= 0.6 is 0 Å². The van der Waals surface area contributed by atoms with Crippen molar-refractivity contribution in [2.75, 3.05) is 26.2 Å². The maximum atomic E-state index is 13.8. The highest BCUT2D eigenvalue weighted by atomic mass is 19.1. The van der Waals surface area contributed by atoms with Crippen LogP contribution in [0.25, 0.3) is 11.1 Å². The highest BCUT2D eigenvalue weighted by Gasteiger charge is 2.22. The zero-order valence-electron chi connectivity index (χ0n) is 17.4. The van der Waals surface area contributed by atoms with Gasteiger partial charge in [-0.3, -0.25) is 24.4 Å². The second-order valence-electron chi connectivity index (χ2n) is 7.78. The van der Waals surface area contributed by atoms with Gasteiger partial charge >= 0.3 is 5.76 Å². The van der Waals surface area contributed by atoms with E-state index in [4.69, 9.17) is 4.42 Å². The maximum absolute atomic E-state index is 13.8. The van der Waals surface area contributed by atoms with E-state index in [9.17, 15) is 24.1 Å². The quantitative estimate of drug-likeness (QED) is 0.412. The van der Waals surface area contributed by atoms with Gasteiger partial charge in [0, 0.05) is 57.3 Å². The third-order valence-corrected chi connectivity index (χ3v) is 5.71. The molecule has 2 heterocycles. The Morgan fingerprint density at radius 2 is 1.88 bits per heavy atom. The van der Waals surface area contributed by atoms with Crippen LogP contribution in [0.3, 0.4) is 0 Å². The number of aromatic nitrogens is 1. The van der Waals surface area contributed by atoms with Gasteiger partial charge in [0.1, 0.15) is 5.82 Å². The molecular weight excluding hydrogens is 419 g/mol. The Hall–Kier alpha value is -3.53. The number of hydrogen-bond acceptors (Lipinski definition) is 6. The molecule has 0 aliphatic carbocycles. The SMILES string of the molecule is O=C(CCCn1c(=O)oc2cc([N+](=O)[O-])ccc21)N1CCN(Cc2ccccc2F)CC1. The van der Waals surface area contributed by atoms with Crippen molar-refractivity contribution in [2.24, 2.45) is 0 Å². The summed E-state index contributed by atoms with van der Waals surface area (Å²) in [7, 11) is 0. The molecule has 32 heavy (non-hydrogen) atoms. The predicted molar refractivity (Wildman–Crippen MR) is 115 cm³/mol. The van der Waals surface area contributed by atoms with Gasteiger partial charge in [-0.05, 0) is 18.6 Å². The van der Waals surface area contributed by atoms with Crippen molar-refractivity contribution in [3.63, 3.8) is 0 Å². The number of halogens is 1. The third kappa shape index (κ3) is 4.70. The van der Waals surface area contributed by atoms with Crippen LogP contribution in [-0.2, 0) is 17.9 Å². The zero-order chi connectivity index (χ0) is 22.7. The molecule has 1 fully saturated rings. The van der Waals surface area contributed by atoms with E-state index in [0.29, 0.717) is 50.2 Å². The topological polar surface area (TPSA) is 102 Å². The molecule has 168 valence electrons. The van der Waals surface area contributed by atoms with E-state index in [1.807, 2.05) is 6.07 Å². The Morgan fingerprint density at radius 1 is 1.12 bits per heavy atom. The molecule has 1 saturated heterocycles. The fourth-order valence-corrected chi connectivity index (χ4v) is 3.95. The summed E-state index contributed by atoms with van der Waals surface area (Å²) in [6.45, 7) is 3.29. The molecule has 4 rings (SSSR count). The van der Waals surface area contributed by atoms with Gasteiger partial charge in [0.25, 0.3) is 5.69 Å². The first-order valence-corrected chi connectivity index (χ1v) is 10.4. The van der Waals surface area contributed by atoms with Gasteiger partial charge in [0.15, 0.2) is 5.58 Å². The lowest BCUT2D eigenvalue weighted by atomic mass is 10.1. The van der Waals surface area contributed by atoms with E-state index in [1.165, 1.54) is 28.8 Å². The molecule has 0 N–H and O–H groups in total. The number of nitro benzene ring substituents is 1. The summed E-state index contributed by atoms with van der Waals surface area (Å²) in [5.41, 5.74) is 1.12. The summed E-state index contributed by atoms with van der Waals surface area (Å²) >= 11 is 0. The lowest BCUT2D eigenvalue weighted by Gasteiger charge is -2.34. The Balaban J connectivity index is 1.28. The highest BCUT2D eigenvalue weighted by Crippen LogP contribution is 2.20. The number of carbonyl (C=O) groups is 1. The van der Waals surface area contributed by atoms with Gasteiger partial charge in [-0.2, -0.15) is 0 Å². The molecule has 2 aromatic carbocycles. The van der Waals surface area contributed by atoms with Gasteiger partial charge in [0.05, 0.1) is 16.5 Å². The normalized spacial score (nSPS) is 14.7. The fraction of sp³-hybridized carbons (Fsp3) is 0.364. The number of rotatable bonds is 7. The lowest BCUT2D eigenvalue weighted by molar-refractivity contribution is -0.384. The number of piperazine rings is 1. The zero-order valence-corrected chi connectivity index (χ0v) is 17.4. The second-order valence-corrected chi connectivity index (χ2v) is 7.78. The Morgan fingerprint density at radius 3 is 2.59 bits per heavy atom. The van der Waals surface area contributed by atoms with Gasteiger partial charge in [-0.15, -0.1) is 0 Å². The summed E-state index contributed by atoms with van der Waals surface area (Å²) in [6.07, 6.45) is 0.721. The number of nitro groups is 1. The van der Waals surface area contributed by atoms with Crippen molar-refractivity contribution in [3.8, 4) is 0 Å². The van der Waals surface area contributed by atoms with Crippen LogP contribution in [-0.4, -0.2) is 51.4 Å². The molecule has 0 saturated carbocycles. The maximum Gasteiger partial charge on any atom is 0.419 e. The fourth-order valence-electron chi connectivity index (χ4n) is 3.95. The van der Waals surface area contributed by atoms with Gasteiger partial charge < -0.3 is 9.32 Å². The summed E-state index contributed by atoms with van der Waals surface area (Å²) in [4.78, 5) is 38.9. The lowest BCUT2D eigenvalue weighted by Crippen LogP contribution is -2.48. The van der Waals surface area contributed by atoms with Crippen molar-refractivity contribution in [3.05, 3.63) is 74.5 Å². The van der Waals surface area contributed by atoms with Gasteiger partial charge in [-0.1, -0.05) is 18.2 Å². The van der Waals surface area contributed by atoms with Crippen molar-refractivity contribution in [2.45, 2.75) is 25.9 Å². The summed E-state index contributed by atoms with van der Waals surface area (Å²) in [5.74, 6) is -0.815. The van der Waals surface area contributed by atoms with Crippen LogP contribution in [0.1, 0.15) is 18.4 Å². The first kappa shape index (κ1) is 21.7. The van der Waals surface area contributed by atoms with Crippen LogP contribution < -0.4 is 5.76 Å².